The zero-order chi connectivity index (χ0) is 15.3. The molecule has 0 bridgehead atoms. The second-order valence-electron chi connectivity index (χ2n) is 4.04. The number of hydrogen-bond acceptors (Lipinski definition) is 6. The first kappa shape index (κ1) is 16.5. The molecule has 0 fully saturated rings. The summed E-state index contributed by atoms with van der Waals surface area (Å²) in [4.78, 5) is 25.0. The van der Waals surface area contributed by atoms with Crippen molar-refractivity contribution in [2.24, 2.45) is 0 Å². The monoisotopic (exact) mass is 303 g/mol. The van der Waals surface area contributed by atoms with Gasteiger partial charge in [-0.1, -0.05) is 11.8 Å². The van der Waals surface area contributed by atoms with Crippen LogP contribution in [0, 0.1) is 5.82 Å². The lowest BCUT2D eigenvalue weighted by Crippen LogP contribution is -2.21. The highest BCUT2D eigenvalue weighted by atomic mass is 32.2. The number of rotatable bonds is 6. The van der Waals surface area contributed by atoms with Crippen molar-refractivity contribution >= 4 is 22.8 Å². The lowest BCUT2D eigenvalue weighted by molar-refractivity contribution is -0.109. The summed E-state index contributed by atoms with van der Waals surface area (Å²) in [6.07, 6.45) is -1.87. The molecule has 8 heteroatoms. The molecule has 2 atom stereocenters. The van der Waals surface area contributed by atoms with Crippen molar-refractivity contribution < 1.29 is 29.3 Å². The molecular formula is C12H14FNO5S. The number of nitrogens with zero attached hydrogens (tertiary/aromatic N) is 1. The van der Waals surface area contributed by atoms with Crippen LogP contribution in [0.25, 0.3) is 0 Å². The summed E-state index contributed by atoms with van der Waals surface area (Å²) < 4.78 is 13.1. The van der Waals surface area contributed by atoms with E-state index in [0.29, 0.717) is 11.9 Å². The molecule has 1 aromatic heterocycles. The Morgan fingerprint density at radius 2 is 2.10 bits per heavy atom. The Balaban J connectivity index is 2.76. The topological polar surface area (TPSA) is 108 Å². The van der Waals surface area contributed by atoms with Gasteiger partial charge in [0.15, 0.2) is 10.9 Å². The largest absolute Gasteiger partial charge is 0.478 e. The highest BCUT2D eigenvalue weighted by Crippen LogP contribution is 2.20. The van der Waals surface area contributed by atoms with Crippen LogP contribution in [0.15, 0.2) is 12.3 Å². The number of pyridine rings is 1. The van der Waals surface area contributed by atoms with Crippen LogP contribution >= 0.6 is 11.8 Å². The summed E-state index contributed by atoms with van der Waals surface area (Å²) in [6.45, 7) is 1.38. The Morgan fingerprint density at radius 1 is 1.45 bits per heavy atom. The van der Waals surface area contributed by atoms with Gasteiger partial charge < -0.3 is 15.3 Å². The maximum Gasteiger partial charge on any atom is 0.338 e. The van der Waals surface area contributed by atoms with Crippen molar-refractivity contribution in [1.82, 2.24) is 4.98 Å². The molecular weight excluding hydrogens is 289 g/mol. The molecule has 0 aromatic carbocycles. The highest BCUT2D eigenvalue weighted by molar-refractivity contribution is 8.13. The molecule has 110 valence electrons. The summed E-state index contributed by atoms with van der Waals surface area (Å²) >= 11 is 0.998. The Kier molecular flexibility index (Phi) is 6.05. The van der Waals surface area contributed by atoms with Gasteiger partial charge in [0.1, 0.15) is 6.10 Å². The van der Waals surface area contributed by atoms with Crippen LogP contribution in [0.5, 0.6) is 0 Å². The first-order valence-corrected chi connectivity index (χ1v) is 6.69. The van der Waals surface area contributed by atoms with Crippen LogP contribution < -0.4 is 0 Å². The number of hydrogen-bond donors (Lipinski definition) is 3. The van der Waals surface area contributed by atoms with Crippen LogP contribution in [-0.4, -0.2) is 43.2 Å². The van der Waals surface area contributed by atoms with Crippen molar-refractivity contribution in [1.29, 1.82) is 0 Å². The number of carboxylic acid groups (broad SMARTS) is 1. The van der Waals surface area contributed by atoms with E-state index in [1.807, 2.05) is 0 Å². The summed E-state index contributed by atoms with van der Waals surface area (Å²) in [6, 6.07) is 0.879. The van der Waals surface area contributed by atoms with Gasteiger partial charge in [-0.25, -0.2) is 9.18 Å². The third-order valence-corrected chi connectivity index (χ3v) is 3.34. The maximum absolute atomic E-state index is 13.1. The fourth-order valence-corrected chi connectivity index (χ4v) is 2.11. The summed E-state index contributed by atoms with van der Waals surface area (Å²) in [5.41, 5.74) is -0.761. The smallest absolute Gasteiger partial charge is 0.338 e. The zero-order valence-corrected chi connectivity index (χ0v) is 11.4. The fourth-order valence-electron chi connectivity index (χ4n) is 1.46. The quantitative estimate of drug-likeness (QED) is 0.719. The van der Waals surface area contributed by atoms with Gasteiger partial charge in [0, 0.05) is 12.7 Å². The standard InChI is InChI=1S/C12H14FNO5S/c1-6(15)20-3-2-10(16)11(17)9-4-7(12(18)19)8(13)5-14-9/h4-5,10-11,16-17H,2-3H2,1H3,(H,18,19). The van der Waals surface area contributed by atoms with Gasteiger partial charge in [0.05, 0.1) is 23.6 Å². The number of aromatic carboxylic acids is 1. The van der Waals surface area contributed by atoms with Gasteiger partial charge in [0.2, 0.25) is 0 Å². The van der Waals surface area contributed by atoms with Crippen LogP contribution in [0.1, 0.15) is 35.5 Å². The molecule has 20 heavy (non-hydrogen) atoms. The van der Waals surface area contributed by atoms with E-state index in [1.165, 1.54) is 6.92 Å². The molecule has 3 N–H and O–H groups in total. The normalized spacial score (nSPS) is 13.8. The number of aliphatic hydroxyl groups excluding tert-OH is 2. The molecule has 0 saturated heterocycles. The highest BCUT2D eigenvalue weighted by Gasteiger charge is 2.22. The van der Waals surface area contributed by atoms with Crippen LogP contribution in [0.4, 0.5) is 4.39 Å². The van der Waals surface area contributed by atoms with E-state index in [9.17, 15) is 24.2 Å². The van der Waals surface area contributed by atoms with Crippen molar-refractivity contribution in [2.45, 2.75) is 25.6 Å². The molecule has 0 aliphatic heterocycles. The second-order valence-corrected chi connectivity index (χ2v) is 5.31. The first-order valence-electron chi connectivity index (χ1n) is 5.71. The third kappa shape index (κ3) is 4.55. The molecule has 0 spiro atoms. The minimum absolute atomic E-state index is 0.111. The number of thioether (sulfide) groups is 1. The van der Waals surface area contributed by atoms with Crippen LogP contribution in [-0.2, 0) is 4.79 Å². The lowest BCUT2D eigenvalue weighted by Gasteiger charge is -2.17. The van der Waals surface area contributed by atoms with Gasteiger partial charge in [-0.05, 0) is 12.5 Å². The molecule has 1 rings (SSSR count). The predicted octanol–water partition coefficient (Wildman–Crippen LogP) is 0.983. The van der Waals surface area contributed by atoms with E-state index in [0.717, 1.165) is 17.8 Å². The van der Waals surface area contributed by atoms with Gasteiger partial charge in [-0.2, -0.15) is 0 Å². The number of carbonyl (C=O) groups is 2. The van der Waals surface area contributed by atoms with Crippen molar-refractivity contribution in [3.05, 3.63) is 29.3 Å². The van der Waals surface area contributed by atoms with Crippen LogP contribution in [0.2, 0.25) is 0 Å². The third-order valence-electron chi connectivity index (χ3n) is 2.49. The lowest BCUT2D eigenvalue weighted by atomic mass is 10.1. The fraction of sp³-hybridized carbons (Fsp3) is 0.417. The number of aromatic nitrogens is 1. The maximum atomic E-state index is 13.1. The molecule has 0 amide bonds. The number of halogens is 1. The van der Waals surface area contributed by atoms with Crippen molar-refractivity contribution in [3.63, 3.8) is 0 Å². The van der Waals surface area contributed by atoms with E-state index in [1.54, 1.807) is 0 Å². The molecule has 0 saturated carbocycles. The Morgan fingerprint density at radius 3 is 2.65 bits per heavy atom. The van der Waals surface area contributed by atoms with Crippen molar-refractivity contribution in [2.75, 3.05) is 5.75 Å². The van der Waals surface area contributed by atoms with Gasteiger partial charge >= 0.3 is 5.97 Å². The van der Waals surface area contributed by atoms with Crippen molar-refractivity contribution in [3.8, 4) is 0 Å². The van der Waals surface area contributed by atoms with E-state index < -0.39 is 29.6 Å². The molecule has 2 unspecified atom stereocenters. The Bertz CT molecular complexity index is 511. The molecule has 1 aromatic rings. The van der Waals surface area contributed by atoms with E-state index >= 15 is 0 Å². The molecule has 6 nitrogen and oxygen atoms in total. The predicted molar refractivity (Wildman–Crippen MR) is 69.9 cm³/mol. The van der Waals surface area contributed by atoms with Gasteiger partial charge in [-0.3, -0.25) is 9.78 Å². The zero-order valence-electron chi connectivity index (χ0n) is 10.6. The van der Waals surface area contributed by atoms with E-state index in [-0.39, 0.29) is 17.2 Å². The van der Waals surface area contributed by atoms with Gasteiger partial charge in [-0.15, -0.1) is 0 Å². The Labute approximate surface area is 118 Å². The SMILES string of the molecule is CC(=O)SCCC(O)C(O)c1cc(C(=O)O)c(F)cn1. The molecule has 0 aliphatic carbocycles. The summed E-state index contributed by atoms with van der Waals surface area (Å²) in [7, 11) is 0. The number of aliphatic hydroxyl groups is 2. The number of carbonyl (C=O) groups excluding carboxylic acids is 1. The molecule has 0 radical (unpaired) electrons. The first-order chi connectivity index (χ1) is 9.32. The average Bonchev–Trinajstić information content (AvgIpc) is 2.37. The molecule has 1 heterocycles. The number of carboxylic acids is 1. The second kappa shape index (κ2) is 7.32. The summed E-state index contributed by atoms with van der Waals surface area (Å²) in [5.74, 6) is -2.20. The summed E-state index contributed by atoms with van der Waals surface area (Å²) in [5, 5.41) is 28.2. The Hall–Kier alpha value is -1.51. The van der Waals surface area contributed by atoms with E-state index in [2.05, 4.69) is 4.98 Å². The molecule has 0 aliphatic rings. The van der Waals surface area contributed by atoms with E-state index in [4.69, 9.17) is 5.11 Å². The minimum Gasteiger partial charge on any atom is -0.478 e. The van der Waals surface area contributed by atoms with Crippen LogP contribution in [0.3, 0.4) is 0 Å². The average molecular weight is 303 g/mol. The minimum atomic E-state index is -1.49. The van der Waals surface area contributed by atoms with Gasteiger partial charge in [0.25, 0.3) is 0 Å².